The van der Waals surface area contributed by atoms with E-state index in [0.717, 1.165) is 16.8 Å². The lowest BCUT2D eigenvalue weighted by Crippen LogP contribution is -2.31. The number of benzene rings is 3. The molecule has 0 saturated heterocycles. The predicted octanol–water partition coefficient (Wildman–Crippen LogP) is 8.62. The molecule has 3 heteroatoms. The van der Waals surface area contributed by atoms with Gasteiger partial charge in [0.05, 0.1) is 15.6 Å². The Morgan fingerprint density at radius 1 is 0.727 bits per heavy atom. The zero-order valence-electron chi connectivity index (χ0n) is 19.4. The van der Waals surface area contributed by atoms with Gasteiger partial charge in [-0.05, 0) is 51.9 Å². The highest BCUT2D eigenvalue weighted by Gasteiger charge is 2.18. The number of aryl methyl sites for hydroxylation is 1. The van der Waals surface area contributed by atoms with E-state index in [4.69, 9.17) is 23.2 Å². The van der Waals surface area contributed by atoms with Crippen molar-refractivity contribution >= 4 is 35.4 Å². The molecule has 0 radical (unpaired) electrons. The van der Waals surface area contributed by atoms with E-state index < -0.39 is 0 Å². The Morgan fingerprint density at radius 2 is 1.42 bits per heavy atom. The van der Waals surface area contributed by atoms with E-state index in [0.29, 0.717) is 10.0 Å². The maximum Gasteiger partial charge on any atom is 0.212 e. The lowest BCUT2D eigenvalue weighted by atomic mass is 9.86. The van der Waals surface area contributed by atoms with Crippen molar-refractivity contribution in [2.24, 2.45) is 7.05 Å². The van der Waals surface area contributed by atoms with Crippen molar-refractivity contribution < 1.29 is 4.57 Å². The summed E-state index contributed by atoms with van der Waals surface area (Å²) in [6.07, 6.45) is 6.43. The van der Waals surface area contributed by atoms with Crippen LogP contribution in [0.5, 0.6) is 0 Å². The van der Waals surface area contributed by atoms with E-state index in [9.17, 15) is 0 Å². The van der Waals surface area contributed by atoms with E-state index in [2.05, 4.69) is 105 Å². The van der Waals surface area contributed by atoms with Gasteiger partial charge in [0.25, 0.3) is 0 Å². The molecule has 0 N–H and O–H groups in total. The third-order valence-electron chi connectivity index (χ3n) is 5.84. The molecule has 0 fully saturated rings. The summed E-state index contributed by atoms with van der Waals surface area (Å²) in [4.78, 5) is 0. The third kappa shape index (κ3) is 5.38. The van der Waals surface area contributed by atoms with Crippen molar-refractivity contribution in [2.45, 2.75) is 26.2 Å². The van der Waals surface area contributed by atoms with E-state index in [1.807, 2.05) is 24.3 Å². The summed E-state index contributed by atoms with van der Waals surface area (Å²) in [5, 5.41) is 1.12. The van der Waals surface area contributed by atoms with Crippen LogP contribution in [-0.2, 0) is 12.5 Å². The quantitative estimate of drug-likeness (QED) is 0.261. The normalized spacial score (nSPS) is 11.8. The van der Waals surface area contributed by atoms with E-state index in [-0.39, 0.29) is 5.41 Å². The van der Waals surface area contributed by atoms with Gasteiger partial charge in [-0.25, -0.2) is 4.57 Å². The second kappa shape index (κ2) is 9.55. The molecule has 1 nitrogen and oxygen atoms in total. The number of aromatic nitrogens is 1. The number of rotatable bonds is 4. The molecule has 166 valence electrons. The molecule has 4 rings (SSSR count). The molecule has 0 unspecified atom stereocenters. The summed E-state index contributed by atoms with van der Waals surface area (Å²) in [6.45, 7) is 6.72. The summed E-state index contributed by atoms with van der Waals surface area (Å²) < 4.78 is 2.20. The maximum atomic E-state index is 6.22. The van der Waals surface area contributed by atoms with Crippen molar-refractivity contribution in [3.8, 4) is 22.4 Å². The fourth-order valence-electron chi connectivity index (χ4n) is 3.89. The average molecular weight is 473 g/mol. The monoisotopic (exact) mass is 472 g/mol. The topological polar surface area (TPSA) is 3.88 Å². The Hall–Kier alpha value is -2.87. The minimum absolute atomic E-state index is 0.131. The largest absolute Gasteiger partial charge is 0.212 e. The van der Waals surface area contributed by atoms with Crippen LogP contribution in [0.2, 0.25) is 10.0 Å². The summed E-state index contributed by atoms with van der Waals surface area (Å²) in [5.41, 5.74) is 8.30. The van der Waals surface area contributed by atoms with Crippen LogP contribution in [-0.4, -0.2) is 0 Å². The Labute approximate surface area is 207 Å². The van der Waals surface area contributed by atoms with Crippen LogP contribution in [0.25, 0.3) is 34.5 Å². The van der Waals surface area contributed by atoms with Crippen molar-refractivity contribution in [3.05, 3.63) is 112 Å². The Kier molecular flexibility index (Phi) is 6.74. The van der Waals surface area contributed by atoms with Gasteiger partial charge in [-0.1, -0.05) is 105 Å². The first-order valence-electron chi connectivity index (χ1n) is 11.1. The van der Waals surface area contributed by atoms with Gasteiger partial charge in [0, 0.05) is 11.6 Å². The molecule has 0 saturated carbocycles. The molecular formula is C30H28Cl2N+. The summed E-state index contributed by atoms with van der Waals surface area (Å²) in [7, 11) is 2.10. The van der Waals surface area contributed by atoms with Crippen LogP contribution in [0, 0.1) is 0 Å². The first-order chi connectivity index (χ1) is 15.7. The van der Waals surface area contributed by atoms with Gasteiger partial charge in [0.1, 0.15) is 7.05 Å². The Morgan fingerprint density at radius 3 is 2.06 bits per heavy atom. The molecule has 1 aromatic heterocycles. The second-order valence-corrected chi connectivity index (χ2v) is 10.2. The third-order valence-corrected chi connectivity index (χ3v) is 6.58. The van der Waals surface area contributed by atoms with Crippen molar-refractivity contribution in [2.75, 3.05) is 0 Å². The molecule has 1 heterocycles. The van der Waals surface area contributed by atoms with Gasteiger partial charge in [-0.2, -0.15) is 0 Å². The summed E-state index contributed by atoms with van der Waals surface area (Å²) >= 11 is 12.3. The van der Waals surface area contributed by atoms with Crippen LogP contribution in [0.15, 0.2) is 85.1 Å². The molecule has 0 atom stereocenters. The molecule has 0 aliphatic carbocycles. The van der Waals surface area contributed by atoms with E-state index in [1.54, 1.807) is 0 Å². The summed E-state index contributed by atoms with van der Waals surface area (Å²) in [6, 6.07) is 27.3. The lowest BCUT2D eigenvalue weighted by Gasteiger charge is -2.19. The standard InChI is InChI=1S/C30H28Cl2N/c1-30(2,3)25-15-13-23(14-16-25)29-19-24(12-10-21-11-17-27(31)28(32)18-21)26(20-33(29)4)22-8-6-5-7-9-22/h5-20H,1-4H3/q+1/b12-10+. The highest BCUT2D eigenvalue weighted by molar-refractivity contribution is 6.42. The van der Waals surface area contributed by atoms with Crippen LogP contribution in [0.1, 0.15) is 37.5 Å². The second-order valence-electron chi connectivity index (χ2n) is 9.34. The van der Waals surface area contributed by atoms with Crippen molar-refractivity contribution in [3.63, 3.8) is 0 Å². The minimum Gasteiger partial charge on any atom is -0.200 e. The molecule has 0 bridgehead atoms. The van der Waals surface area contributed by atoms with Crippen LogP contribution in [0.3, 0.4) is 0 Å². The maximum absolute atomic E-state index is 6.22. The molecule has 4 aromatic rings. The smallest absolute Gasteiger partial charge is 0.200 e. The molecule has 3 aromatic carbocycles. The highest BCUT2D eigenvalue weighted by Crippen LogP contribution is 2.30. The van der Waals surface area contributed by atoms with Gasteiger partial charge < -0.3 is 0 Å². The first kappa shape index (κ1) is 23.3. The zero-order chi connectivity index (χ0) is 23.6. The molecule has 0 spiro atoms. The highest BCUT2D eigenvalue weighted by atomic mass is 35.5. The molecular weight excluding hydrogens is 445 g/mol. The van der Waals surface area contributed by atoms with Crippen LogP contribution in [0.4, 0.5) is 0 Å². The van der Waals surface area contributed by atoms with Crippen LogP contribution >= 0.6 is 23.2 Å². The number of hydrogen-bond acceptors (Lipinski definition) is 0. The molecule has 33 heavy (non-hydrogen) atoms. The lowest BCUT2D eigenvalue weighted by molar-refractivity contribution is -0.659. The molecule has 0 aliphatic heterocycles. The fraction of sp³-hybridized carbons (Fsp3) is 0.167. The van der Waals surface area contributed by atoms with Crippen LogP contribution < -0.4 is 4.57 Å². The number of hydrogen-bond donors (Lipinski definition) is 0. The van der Waals surface area contributed by atoms with Crippen molar-refractivity contribution in [1.29, 1.82) is 0 Å². The zero-order valence-corrected chi connectivity index (χ0v) is 21.0. The summed E-state index contributed by atoms with van der Waals surface area (Å²) in [5.74, 6) is 0. The molecule has 0 amide bonds. The minimum atomic E-state index is 0.131. The molecule has 0 aliphatic rings. The number of halogens is 2. The average Bonchev–Trinajstić information content (AvgIpc) is 2.80. The van der Waals surface area contributed by atoms with Gasteiger partial charge >= 0.3 is 0 Å². The first-order valence-corrected chi connectivity index (χ1v) is 11.8. The van der Waals surface area contributed by atoms with E-state index in [1.165, 1.54) is 22.3 Å². The van der Waals surface area contributed by atoms with E-state index >= 15 is 0 Å². The Balaban J connectivity index is 1.81. The predicted molar refractivity (Wildman–Crippen MR) is 143 cm³/mol. The number of pyridine rings is 1. The number of nitrogens with zero attached hydrogens (tertiary/aromatic N) is 1. The fourth-order valence-corrected chi connectivity index (χ4v) is 4.20. The van der Waals surface area contributed by atoms with Gasteiger partial charge in [-0.3, -0.25) is 0 Å². The SMILES string of the molecule is C[n+]1cc(-c2ccccc2)c(/C=C/c2ccc(Cl)c(Cl)c2)cc1-c1ccc(C(C)(C)C)cc1. The van der Waals surface area contributed by atoms with Gasteiger partial charge in [-0.15, -0.1) is 0 Å². The Bertz CT molecular complexity index is 1300. The van der Waals surface area contributed by atoms with Crippen molar-refractivity contribution in [1.82, 2.24) is 0 Å². The van der Waals surface area contributed by atoms with Gasteiger partial charge in [0.2, 0.25) is 5.69 Å². The van der Waals surface area contributed by atoms with Gasteiger partial charge in [0.15, 0.2) is 6.20 Å².